The van der Waals surface area contributed by atoms with E-state index in [9.17, 15) is 18.0 Å². The van der Waals surface area contributed by atoms with Crippen molar-refractivity contribution in [3.63, 3.8) is 0 Å². The number of aromatic carboxylic acids is 1. The number of piperidine rings is 1. The van der Waals surface area contributed by atoms with Gasteiger partial charge in [0, 0.05) is 12.6 Å². The molecule has 1 fully saturated rings. The summed E-state index contributed by atoms with van der Waals surface area (Å²) in [6, 6.07) is 9.12. The molecule has 1 aliphatic heterocycles. The number of rotatable bonds is 4. The zero-order valence-electron chi connectivity index (χ0n) is 16.3. The zero-order valence-corrected chi connectivity index (χ0v) is 16.3. The summed E-state index contributed by atoms with van der Waals surface area (Å²) in [6.07, 6.45) is 1.39. The molecule has 0 spiro atoms. The number of benzene rings is 1. The molecule has 1 aliphatic rings. The van der Waals surface area contributed by atoms with E-state index in [1.807, 2.05) is 0 Å². The molecule has 0 saturated carbocycles. The number of carboxylic acids is 2. The lowest BCUT2D eigenvalue weighted by Crippen LogP contribution is -2.33. The molecule has 7 nitrogen and oxygen atoms in total. The lowest BCUT2D eigenvalue weighted by atomic mass is 9.94. The SMILES string of the molecule is Cc1ccc(C2CCCCN2Cc2cnc(C(=O)O)cn2)cc1.O=C(O)C(F)(F)F. The fraction of sp³-hybridized carbons (Fsp3) is 0.400. The summed E-state index contributed by atoms with van der Waals surface area (Å²) in [5, 5.41) is 16.0. The average molecular weight is 425 g/mol. The van der Waals surface area contributed by atoms with Gasteiger partial charge in [0.05, 0.1) is 18.1 Å². The Morgan fingerprint density at radius 2 is 1.73 bits per heavy atom. The van der Waals surface area contributed by atoms with Crippen LogP contribution >= 0.6 is 0 Å². The highest BCUT2D eigenvalue weighted by Crippen LogP contribution is 2.31. The van der Waals surface area contributed by atoms with Crippen molar-refractivity contribution in [3.8, 4) is 0 Å². The van der Waals surface area contributed by atoms with E-state index in [0.717, 1.165) is 18.7 Å². The molecule has 10 heteroatoms. The van der Waals surface area contributed by atoms with E-state index < -0.39 is 18.1 Å². The van der Waals surface area contributed by atoms with Crippen LogP contribution in [0.3, 0.4) is 0 Å². The summed E-state index contributed by atoms with van der Waals surface area (Å²) < 4.78 is 31.7. The second-order valence-electron chi connectivity index (χ2n) is 6.89. The summed E-state index contributed by atoms with van der Waals surface area (Å²) in [4.78, 5) is 30.4. The fourth-order valence-electron chi connectivity index (χ4n) is 3.10. The van der Waals surface area contributed by atoms with Crippen LogP contribution < -0.4 is 0 Å². The highest BCUT2D eigenvalue weighted by Gasteiger charge is 2.38. The summed E-state index contributed by atoms with van der Waals surface area (Å²) >= 11 is 0. The molecule has 0 amide bonds. The Labute approximate surface area is 171 Å². The van der Waals surface area contributed by atoms with Crippen molar-refractivity contribution in [2.75, 3.05) is 6.54 Å². The maximum absolute atomic E-state index is 10.9. The first-order chi connectivity index (χ1) is 14.1. The second-order valence-corrected chi connectivity index (χ2v) is 6.89. The number of halogens is 3. The molecular formula is C20H22F3N3O4. The van der Waals surface area contributed by atoms with E-state index in [4.69, 9.17) is 15.0 Å². The minimum absolute atomic E-state index is 0.0116. The van der Waals surface area contributed by atoms with Gasteiger partial charge in [-0.3, -0.25) is 9.88 Å². The molecular weight excluding hydrogens is 403 g/mol. The van der Waals surface area contributed by atoms with Crippen LogP contribution in [-0.2, 0) is 11.3 Å². The van der Waals surface area contributed by atoms with Gasteiger partial charge in [-0.25, -0.2) is 14.6 Å². The van der Waals surface area contributed by atoms with Crippen molar-refractivity contribution in [2.45, 2.75) is 44.9 Å². The standard InChI is InChI=1S/C18H21N3O2.C2HF3O2/c1-13-5-7-14(8-6-13)17-4-2-3-9-21(17)12-15-10-20-16(11-19-15)18(22)23;3-2(4,5)1(6)7/h5-8,10-11,17H,2-4,9,12H2,1H3,(H,22,23);(H,6,7). The normalized spacial score (nSPS) is 17.0. The number of carboxylic acid groups (broad SMARTS) is 2. The van der Waals surface area contributed by atoms with Crippen LogP contribution in [0.5, 0.6) is 0 Å². The van der Waals surface area contributed by atoms with E-state index in [1.165, 1.54) is 30.2 Å². The minimum Gasteiger partial charge on any atom is -0.476 e. The third kappa shape index (κ3) is 6.80. The zero-order chi connectivity index (χ0) is 22.3. The first kappa shape index (κ1) is 23.3. The molecule has 0 bridgehead atoms. The van der Waals surface area contributed by atoms with Crippen LogP contribution in [0.4, 0.5) is 13.2 Å². The van der Waals surface area contributed by atoms with Gasteiger partial charge in [0.15, 0.2) is 5.69 Å². The van der Waals surface area contributed by atoms with E-state index in [-0.39, 0.29) is 5.69 Å². The highest BCUT2D eigenvalue weighted by molar-refractivity contribution is 5.84. The highest BCUT2D eigenvalue weighted by atomic mass is 19.4. The monoisotopic (exact) mass is 425 g/mol. The van der Waals surface area contributed by atoms with Gasteiger partial charge in [0.1, 0.15) is 0 Å². The summed E-state index contributed by atoms with van der Waals surface area (Å²) in [5.41, 5.74) is 3.41. The molecule has 2 heterocycles. The maximum atomic E-state index is 10.9. The van der Waals surface area contributed by atoms with Gasteiger partial charge in [-0.1, -0.05) is 36.2 Å². The molecule has 1 saturated heterocycles. The number of aromatic nitrogens is 2. The second kappa shape index (κ2) is 10.1. The number of likely N-dealkylation sites (tertiary alicyclic amines) is 1. The van der Waals surface area contributed by atoms with E-state index >= 15 is 0 Å². The van der Waals surface area contributed by atoms with Crippen LogP contribution in [0, 0.1) is 6.92 Å². The van der Waals surface area contributed by atoms with Gasteiger partial charge in [-0.05, 0) is 31.9 Å². The molecule has 30 heavy (non-hydrogen) atoms. The number of hydrogen-bond acceptors (Lipinski definition) is 5. The molecule has 0 radical (unpaired) electrons. The van der Waals surface area contributed by atoms with Crippen LogP contribution in [0.15, 0.2) is 36.7 Å². The van der Waals surface area contributed by atoms with E-state index in [0.29, 0.717) is 12.6 Å². The molecule has 1 aromatic carbocycles. The molecule has 162 valence electrons. The average Bonchev–Trinajstić information content (AvgIpc) is 2.69. The number of carbonyl (C=O) groups is 2. The topological polar surface area (TPSA) is 104 Å². The summed E-state index contributed by atoms with van der Waals surface area (Å²) in [6.45, 7) is 3.83. The number of nitrogens with zero attached hydrogens (tertiary/aromatic N) is 3. The van der Waals surface area contributed by atoms with Crippen molar-refractivity contribution < 1.29 is 33.0 Å². The van der Waals surface area contributed by atoms with Gasteiger partial charge in [0.2, 0.25) is 0 Å². The summed E-state index contributed by atoms with van der Waals surface area (Å²) in [5.74, 6) is -3.80. The van der Waals surface area contributed by atoms with E-state index in [2.05, 4.69) is 46.1 Å². The Bertz CT molecular complexity index is 855. The lowest BCUT2D eigenvalue weighted by molar-refractivity contribution is -0.192. The number of alkyl halides is 3. The maximum Gasteiger partial charge on any atom is 0.490 e. The van der Waals surface area contributed by atoms with Crippen LogP contribution in [0.2, 0.25) is 0 Å². The molecule has 2 aromatic rings. The Morgan fingerprint density at radius 1 is 1.10 bits per heavy atom. The predicted octanol–water partition coefficient (Wildman–Crippen LogP) is 3.84. The van der Waals surface area contributed by atoms with Gasteiger partial charge >= 0.3 is 18.1 Å². The quantitative estimate of drug-likeness (QED) is 0.767. The molecule has 1 aromatic heterocycles. The Hall–Kier alpha value is -3.01. The van der Waals surface area contributed by atoms with Gasteiger partial charge in [0.25, 0.3) is 0 Å². The first-order valence-electron chi connectivity index (χ1n) is 9.23. The van der Waals surface area contributed by atoms with Crippen LogP contribution in [0.1, 0.15) is 52.6 Å². The largest absolute Gasteiger partial charge is 0.490 e. The predicted molar refractivity (Wildman–Crippen MR) is 101 cm³/mol. The first-order valence-corrected chi connectivity index (χ1v) is 9.23. The van der Waals surface area contributed by atoms with Crippen LogP contribution in [-0.4, -0.2) is 49.7 Å². The smallest absolute Gasteiger partial charge is 0.476 e. The Morgan fingerprint density at radius 3 is 2.23 bits per heavy atom. The molecule has 0 aliphatic carbocycles. The van der Waals surface area contributed by atoms with Crippen molar-refractivity contribution in [2.24, 2.45) is 0 Å². The Kier molecular flexibility index (Phi) is 7.87. The number of hydrogen-bond donors (Lipinski definition) is 2. The van der Waals surface area contributed by atoms with E-state index in [1.54, 1.807) is 6.20 Å². The van der Waals surface area contributed by atoms with Crippen molar-refractivity contribution in [3.05, 3.63) is 59.2 Å². The van der Waals surface area contributed by atoms with Crippen molar-refractivity contribution >= 4 is 11.9 Å². The van der Waals surface area contributed by atoms with Gasteiger partial charge < -0.3 is 10.2 Å². The number of aliphatic carboxylic acids is 1. The minimum atomic E-state index is -5.08. The molecule has 3 rings (SSSR count). The molecule has 1 atom stereocenters. The van der Waals surface area contributed by atoms with Gasteiger partial charge in [-0.2, -0.15) is 13.2 Å². The number of aryl methyl sites for hydroxylation is 1. The molecule has 1 unspecified atom stereocenters. The lowest BCUT2D eigenvalue weighted by Gasteiger charge is -2.35. The van der Waals surface area contributed by atoms with Crippen LogP contribution in [0.25, 0.3) is 0 Å². The van der Waals surface area contributed by atoms with Crippen molar-refractivity contribution in [1.82, 2.24) is 14.9 Å². The fourth-order valence-corrected chi connectivity index (χ4v) is 3.10. The van der Waals surface area contributed by atoms with Crippen molar-refractivity contribution in [1.29, 1.82) is 0 Å². The third-order valence-corrected chi connectivity index (χ3v) is 4.61. The summed E-state index contributed by atoms with van der Waals surface area (Å²) in [7, 11) is 0. The molecule has 2 N–H and O–H groups in total. The van der Waals surface area contributed by atoms with Gasteiger partial charge in [-0.15, -0.1) is 0 Å². The third-order valence-electron chi connectivity index (χ3n) is 4.61. The Balaban J connectivity index is 0.000000396.